The van der Waals surface area contributed by atoms with E-state index in [0.717, 1.165) is 5.56 Å². The molecule has 0 heterocycles. The molecule has 0 aliphatic rings. The zero-order valence-electron chi connectivity index (χ0n) is 13.9. The van der Waals surface area contributed by atoms with Gasteiger partial charge in [-0.25, -0.2) is 4.79 Å². The number of benzene rings is 2. The predicted octanol–water partition coefficient (Wildman–Crippen LogP) is 4.11. The van der Waals surface area contributed by atoms with Crippen molar-refractivity contribution in [1.82, 2.24) is 0 Å². The quantitative estimate of drug-likeness (QED) is 0.611. The van der Waals surface area contributed by atoms with E-state index in [1.165, 1.54) is 7.11 Å². The molecule has 0 unspecified atom stereocenters. The fourth-order valence-electron chi connectivity index (χ4n) is 2.34. The molecule has 0 fully saturated rings. The van der Waals surface area contributed by atoms with Crippen molar-refractivity contribution in [2.75, 3.05) is 7.11 Å². The van der Waals surface area contributed by atoms with Crippen LogP contribution in [-0.4, -0.2) is 19.2 Å². The summed E-state index contributed by atoms with van der Waals surface area (Å²) in [6.07, 6.45) is -0.667. The molecule has 0 spiro atoms. The van der Waals surface area contributed by atoms with Crippen LogP contribution in [0.25, 0.3) is 0 Å². The summed E-state index contributed by atoms with van der Waals surface area (Å²) in [6, 6.07) is 15.7. The zero-order valence-corrected chi connectivity index (χ0v) is 13.9. The third-order valence-electron chi connectivity index (χ3n) is 3.57. The normalized spacial score (nSPS) is 10.8. The summed E-state index contributed by atoms with van der Waals surface area (Å²) in [4.78, 5) is 23.6. The molecule has 0 saturated carbocycles. The van der Waals surface area contributed by atoms with E-state index in [9.17, 15) is 9.59 Å². The van der Waals surface area contributed by atoms with Gasteiger partial charge in [0.25, 0.3) is 0 Å². The number of hydrogen-bond acceptors (Lipinski definition) is 5. The van der Waals surface area contributed by atoms with E-state index in [1.807, 2.05) is 32.0 Å². The Hall–Kier alpha value is -2.82. The van der Waals surface area contributed by atoms with Gasteiger partial charge in [0.1, 0.15) is 11.5 Å². The first kappa shape index (κ1) is 17.5. The second kappa shape index (κ2) is 7.64. The molecule has 126 valence electrons. The standard InChI is InChI=1S/C19H20O5/c1-19(2,13-17(20)22-3)15-11-7-8-12-16(15)24-18(21)23-14-9-5-4-6-10-14/h4-12H,13H2,1-3H3. The van der Waals surface area contributed by atoms with E-state index in [0.29, 0.717) is 11.5 Å². The molecule has 24 heavy (non-hydrogen) atoms. The minimum Gasteiger partial charge on any atom is -0.469 e. The Morgan fingerprint density at radius 2 is 1.54 bits per heavy atom. The lowest BCUT2D eigenvalue weighted by Crippen LogP contribution is -2.24. The van der Waals surface area contributed by atoms with Crippen LogP contribution in [0.15, 0.2) is 54.6 Å². The fourth-order valence-corrected chi connectivity index (χ4v) is 2.34. The van der Waals surface area contributed by atoms with Gasteiger partial charge in [-0.1, -0.05) is 50.2 Å². The van der Waals surface area contributed by atoms with E-state index in [2.05, 4.69) is 0 Å². The number of carbonyl (C=O) groups is 2. The second-order valence-corrected chi connectivity index (χ2v) is 5.90. The highest BCUT2D eigenvalue weighted by Gasteiger charge is 2.28. The van der Waals surface area contributed by atoms with Crippen LogP contribution in [0, 0.1) is 0 Å². The number of esters is 1. The second-order valence-electron chi connectivity index (χ2n) is 5.90. The minimum absolute atomic E-state index is 0.164. The molecular formula is C19H20O5. The van der Waals surface area contributed by atoms with Crippen LogP contribution in [0.3, 0.4) is 0 Å². The van der Waals surface area contributed by atoms with Crippen LogP contribution < -0.4 is 9.47 Å². The molecule has 0 aliphatic carbocycles. The highest BCUT2D eigenvalue weighted by Crippen LogP contribution is 2.34. The molecule has 2 aromatic carbocycles. The molecule has 0 bridgehead atoms. The molecule has 2 rings (SSSR count). The summed E-state index contributed by atoms with van der Waals surface area (Å²) in [7, 11) is 1.35. The van der Waals surface area contributed by atoms with E-state index < -0.39 is 11.6 Å². The van der Waals surface area contributed by atoms with Crippen molar-refractivity contribution in [3.05, 3.63) is 60.2 Å². The number of para-hydroxylation sites is 2. The van der Waals surface area contributed by atoms with E-state index in [1.54, 1.807) is 36.4 Å². The summed E-state index contributed by atoms with van der Waals surface area (Å²) < 4.78 is 15.2. The topological polar surface area (TPSA) is 61.8 Å². The smallest absolute Gasteiger partial charge is 0.469 e. The summed E-state index contributed by atoms with van der Waals surface area (Å²) >= 11 is 0. The van der Waals surface area contributed by atoms with Crippen molar-refractivity contribution in [3.8, 4) is 11.5 Å². The Morgan fingerprint density at radius 1 is 0.917 bits per heavy atom. The monoisotopic (exact) mass is 328 g/mol. The maximum Gasteiger partial charge on any atom is 0.519 e. The van der Waals surface area contributed by atoms with E-state index in [-0.39, 0.29) is 12.4 Å². The Bertz CT molecular complexity index is 707. The van der Waals surface area contributed by atoms with Crippen molar-refractivity contribution in [3.63, 3.8) is 0 Å². The summed E-state index contributed by atoms with van der Waals surface area (Å²) in [5.74, 6) is 0.419. The third-order valence-corrected chi connectivity index (χ3v) is 3.57. The molecule has 2 aromatic rings. The van der Waals surface area contributed by atoms with Gasteiger partial charge in [0.05, 0.1) is 13.5 Å². The Kier molecular flexibility index (Phi) is 5.58. The lowest BCUT2D eigenvalue weighted by molar-refractivity contribution is -0.141. The first-order valence-electron chi connectivity index (χ1n) is 7.53. The van der Waals surface area contributed by atoms with Crippen molar-refractivity contribution in [2.24, 2.45) is 0 Å². The van der Waals surface area contributed by atoms with Gasteiger partial charge in [-0.3, -0.25) is 4.79 Å². The van der Waals surface area contributed by atoms with Gasteiger partial charge >= 0.3 is 12.1 Å². The maximum absolute atomic E-state index is 12.0. The van der Waals surface area contributed by atoms with Gasteiger partial charge in [0.2, 0.25) is 0 Å². The number of rotatable bonds is 5. The van der Waals surface area contributed by atoms with Gasteiger partial charge in [0.15, 0.2) is 0 Å². The minimum atomic E-state index is -0.831. The molecule has 0 saturated heterocycles. The fraction of sp³-hybridized carbons (Fsp3) is 0.263. The summed E-state index contributed by atoms with van der Waals surface area (Å²) in [6.45, 7) is 3.77. The highest BCUT2D eigenvalue weighted by molar-refractivity contribution is 5.72. The third kappa shape index (κ3) is 4.59. The molecular weight excluding hydrogens is 308 g/mol. The zero-order chi connectivity index (χ0) is 17.6. The lowest BCUT2D eigenvalue weighted by atomic mass is 9.81. The maximum atomic E-state index is 12.0. The van der Waals surface area contributed by atoms with Gasteiger partial charge < -0.3 is 14.2 Å². The molecule has 0 aromatic heterocycles. The lowest BCUT2D eigenvalue weighted by Gasteiger charge is -2.25. The molecule has 0 N–H and O–H groups in total. The molecule has 5 nitrogen and oxygen atoms in total. The van der Waals surface area contributed by atoms with Gasteiger partial charge in [-0.2, -0.15) is 0 Å². The van der Waals surface area contributed by atoms with Crippen molar-refractivity contribution in [2.45, 2.75) is 25.7 Å². The van der Waals surface area contributed by atoms with Crippen molar-refractivity contribution >= 4 is 12.1 Å². The number of hydrogen-bond donors (Lipinski definition) is 0. The largest absolute Gasteiger partial charge is 0.519 e. The van der Waals surface area contributed by atoms with Crippen LogP contribution in [0.4, 0.5) is 4.79 Å². The number of ether oxygens (including phenoxy) is 3. The van der Waals surface area contributed by atoms with Gasteiger partial charge in [-0.15, -0.1) is 0 Å². The van der Waals surface area contributed by atoms with Crippen LogP contribution in [0.5, 0.6) is 11.5 Å². The average molecular weight is 328 g/mol. The predicted molar refractivity (Wildman–Crippen MR) is 89.2 cm³/mol. The summed E-state index contributed by atoms with van der Waals surface area (Å²) in [5, 5.41) is 0. The van der Waals surface area contributed by atoms with E-state index in [4.69, 9.17) is 14.2 Å². The number of carbonyl (C=O) groups excluding carboxylic acids is 2. The van der Waals surface area contributed by atoms with Crippen molar-refractivity contribution < 1.29 is 23.8 Å². The Balaban J connectivity index is 2.16. The van der Waals surface area contributed by atoms with Crippen LogP contribution in [-0.2, 0) is 14.9 Å². The SMILES string of the molecule is COC(=O)CC(C)(C)c1ccccc1OC(=O)Oc1ccccc1. The average Bonchev–Trinajstić information content (AvgIpc) is 2.55. The molecule has 0 radical (unpaired) electrons. The molecule has 0 aliphatic heterocycles. The van der Waals surface area contributed by atoms with Gasteiger partial charge in [-0.05, 0) is 18.2 Å². The molecule has 5 heteroatoms. The van der Waals surface area contributed by atoms with Crippen LogP contribution in [0.1, 0.15) is 25.8 Å². The van der Waals surface area contributed by atoms with E-state index >= 15 is 0 Å². The van der Waals surface area contributed by atoms with Crippen molar-refractivity contribution in [1.29, 1.82) is 0 Å². The summed E-state index contributed by atoms with van der Waals surface area (Å²) in [5.41, 5.74) is 0.164. The first-order chi connectivity index (χ1) is 11.4. The number of methoxy groups -OCH3 is 1. The Morgan fingerprint density at radius 3 is 2.21 bits per heavy atom. The molecule has 0 amide bonds. The highest BCUT2D eigenvalue weighted by atomic mass is 16.7. The van der Waals surface area contributed by atoms with Crippen LogP contribution in [0.2, 0.25) is 0 Å². The van der Waals surface area contributed by atoms with Gasteiger partial charge in [0, 0.05) is 11.0 Å². The molecule has 0 atom stereocenters. The van der Waals surface area contributed by atoms with Crippen LogP contribution >= 0.6 is 0 Å². The first-order valence-corrected chi connectivity index (χ1v) is 7.53. The Labute approximate surface area is 141 Å².